The number of nitrogens with two attached hydrogens (primary N) is 1. The molecule has 162 valence electrons. The lowest BCUT2D eigenvalue weighted by Gasteiger charge is -2.22. The third kappa shape index (κ3) is 5.69. The monoisotopic (exact) mass is 444 g/mol. The molecule has 30 heavy (non-hydrogen) atoms. The van der Waals surface area contributed by atoms with E-state index in [4.69, 9.17) is 5.73 Å². The predicted octanol–water partition coefficient (Wildman–Crippen LogP) is 1.19. The second kappa shape index (κ2) is 9.57. The van der Waals surface area contributed by atoms with Gasteiger partial charge in [-0.05, 0) is 30.5 Å². The number of hydrogen-bond donors (Lipinski definition) is 2. The van der Waals surface area contributed by atoms with Crippen LogP contribution in [0.4, 0.5) is 13.2 Å². The number of rotatable bonds is 8. The van der Waals surface area contributed by atoms with E-state index in [-0.39, 0.29) is 17.7 Å². The van der Waals surface area contributed by atoms with Gasteiger partial charge in [-0.1, -0.05) is 6.07 Å². The van der Waals surface area contributed by atoms with Crippen LogP contribution in [0.3, 0.4) is 0 Å². The first-order chi connectivity index (χ1) is 14.0. The summed E-state index contributed by atoms with van der Waals surface area (Å²) in [6.45, 7) is 0.419. The lowest BCUT2D eigenvalue weighted by molar-refractivity contribution is -0.146. The van der Waals surface area contributed by atoms with E-state index in [0.29, 0.717) is 12.1 Å². The quantitative estimate of drug-likeness (QED) is 0.637. The Labute approximate surface area is 173 Å². The predicted molar refractivity (Wildman–Crippen MR) is 103 cm³/mol. The molecule has 0 aliphatic rings. The first-order valence-corrected chi connectivity index (χ1v) is 9.60. The van der Waals surface area contributed by atoms with E-state index in [2.05, 4.69) is 5.32 Å². The summed E-state index contributed by atoms with van der Waals surface area (Å²) in [5, 5.41) is 4.44. The number of carbonyl (C=O) groups excluding carboxylic acids is 3. The zero-order chi connectivity index (χ0) is 22.5. The lowest BCUT2D eigenvalue weighted by atomic mass is 10.2. The second-order valence-corrected chi connectivity index (χ2v) is 7.18. The van der Waals surface area contributed by atoms with Gasteiger partial charge in [-0.15, -0.1) is 11.3 Å². The molecule has 2 rings (SSSR count). The van der Waals surface area contributed by atoms with Gasteiger partial charge in [0.15, 0.2) is 0 Å². The lowest BCUT2D eigenvalue weighted by Crippen LogP contribution is -2.44. The minimum Gasteiger partial charge on any atom is -0.365 e. The van der Waals surface area contributed by atoms with Crippen LogP contribution in [-0.2, 0) is 28.9 Å². The van der Waals surface area contributed by atoms with Crippen molar-refractivity contribution in [3.05, 3.63) is 56.1 Å². The van der Waals surface area contributed by atoms with Crippen LogP contribution in [0, 0.1) is 0 Å². The number of thiophene rings is 1. The molecule has 0 saturated heterocycles. The number of primary amides is 1. The summed E-state index contributed by atoms with van der Waals surface area (Å²) in [5.41, 5.74) is 1.62. The van der Waals surface area contributed by atoms with E-state index in [9.17, 15) is 32.3 Å². The number of alkyl halides is 3. The summed E-state index contributed by atoms with van der Waals surface area (Å²) < 4.78 is 40.0. The Bertz CT molecular complexity index is 986. The van der Waals surface area contributed by atoms with Gasteiger partial charge in [0.2, 0.25) is 11.8 Å². The highest BCUT2D eigenvalue weighted by molar-refractivity contribution is 7.09. The fourth-order valence-electron chi connectivity index (χ4n) is 2.61. The van der Waals surface area contributed by atoms with E-state index in [1.165, 1.54) is 18.3 Å². The molecule has 0 aliphatic carbocycles. The average molecular weight is 444 g/mol. The minimum absolute atomic E-state index is 0.0247. The van der Waals surface area contributed by atoms with Gasteiger partial charge in [0.1, 0.15) is 17.8 Å². The third-order valence-corrected chi connectivity index (χ3v) is 5.01. The maximum absolute atomic E-state index is 13.3. The Kier molecular flexibility index (Phi) is 7.38. The third-order valence-electron chi connectivity index (χ3n) is 4.13. The number of likely N-dealkylation sites (N-methyl/N-ethyl adjacent to an activating group) is 1. The molecule has 12 heteroatoms. The standard InChI is InChI=1S/C18H19F3N4O4S/c1-2-24(9-14(26)23-8-11-4-3-7-30-11)15(27)10-25-13(18(19,20)21)6-5-12(16(22)28)17(25)29/h3-7H,2,8-10H2,1H3,(H2,22,28)(H,23,26). The number of hydrogen-bond acceptors (Lipinski definition) is 5. The first kappa shape index (κ1) is 23.1. The van der Waals surface area contributed by atoms with Crippen LogP contribution in [0.1, 0.15) is 27.9 Å². The van der Waals surface area contributed by atoms with Crippen LogP contribution in [0.2, 0.25) is 0 Å². The zero-order valence-corrected chi connectivity index (χ0v) is 16.7. The molecule has 0 fully saturated rings. The van der Waals surface area contributed by atoms with Crippen molar-refractivity contribution in [1.82, 2.24) is 14.8 Å². The average Bonchev–Trinajstić information content (AvgIpc) is 3.18. The Morgan fingerprint density at radius 2 is 1.93 bits per heavy atom. The van der Waals surface area contributed by atoms with Crippen molar-refractivity contribution in [1.29, 1.82) is 0 Å². The number of halogens is 3. The summed E-state index contributed by atoms with van der Waals surface area (Å²) in [7, 11) is 0. The SMILES string of the molecule is CCN(CC(=O)NCc1cccs1)C(=O)Cn1c(C(F)(F)F)ccc(C(N)=O)c1=O. The molecule has 0 aliphatic heterocycles. The Morgan fingerprint density at radius 1 is 1.23 bits per heavy atom. The number of amides is 3. The zero-order valence-electron chi connectivity index (χ0n) is 15.9. The van der Waals surface area contributed by atoms with Crippen LogP contribution in [0.25, 0.3) is 0 Å². The molecule has 2 aromatic heterocycles. The number of nitrogens with one attached hydrogen (secondary N) is 1. The fraction of sp³-hybridized carbons (Fsp3) is 0.333. The van der Waals surface area contributed by atoms with Gasteiger partial charge in [0, 0.05) is 11.4 Å². The molecule has 8 nitrogen and oxygen atoms in total. The smallest absolute Gasteiger partial charge is 0.365 e. The van der Waals surface area contributed by atoms with Gasteiger partial charge in [0.05, 0.1) is 13.1 Å². The molecule has 0 spiro atoms. The van der Waals surface area contributed by atoms with Crippen molar-refractivity contribution >= 4 is 29.1 Å². The highest BCUT2D eigenvalue weighted by Gasteiger charge is 2.36. The molecular weight excluding hydrogens is 425 g/mol. The Balaban J connectivity index is 2.19. The summed E-state index contributed by atoms with van der Waals surface area (Å²) in [4.78, 5) is 50.1. The van der Waals surface area contributed by atoms with Crippen LogP contribution >= 0.6 is 11.3 Å². The van der Waals surface area contributed by atoms with Crippen LogP contribution in [0.5, 0.6) is 0 Å². The van der Waals surface area contributed by atoms with E-state index in [0.717, 1.165) is 9.78 Å². The molecule has 0 bridgehead atoms. The van der Waals surface area contributed by atoms with Gasteiger partial charge in [-0.3, -0.25) is 23.7 Å². The van der Waals surface area contributed by atoms with E-state index >= 15 is 0 Å². The van der Waals surface area contributed by atoms with Crippen LogP contribution in [0.15, 0.2) is 34.4 Å². The number of aromatic nitrogens is 1. The largest absolute Gasteiger partial charge is 0.431 e. The van der Waals surface area contributed by atoms with Crippen molar-refractivity contribution in [3.63, 3.8) is 0 Å². The minimum atomic E-state index is -4.94. The molecule has 0 radical (unpaired) electrons. The van der Waals surface area contributed by atoms with Crippen LogP contribution in [-0.4, -0.2) is 40.3 Å². The fourth-order valence-corrected chi connectivity index (χ4v) is 3.25. The molecular formula is C18H19F3N4O4S. The van der Waals surface area contributed by atoms with Crippen molar-refractivity contribution in [3.8, 4) is 0 Å². The highest BCUT2D eigenvalue weighted by Crippen LogP contribution is 2.28. The summed E-state index contributed by atoms with van der Waals surface area (Å²) in [6.07, 6.45) is -4.94. The van der Waals surface area contributed by atoms with Crippen molar-refractivity contribution in [2.45, 2.75) is 26.2 Å². The highest BCUT2D eigenvalue weighted by atomic mass is 32.1. The van der Waals surface area contributed by atoms with Crippen molar-refractivity contribution < 1.29 is 27.6 Å². The Hall–Kier alpha value is -3.15. The van der Waals surface area contributed by atoms with E-state index < -0.39 is 53.8 Å². The summed E-state index contributed by atoms with van der Waals surface area (Å²) >= 11 is 1.43. The second-order valence-electron chi connectivity index (χ2n) is 6.15. The number of carbonyl (C=O) groups is 3. The summed E-state index contributed by atoms with van der Waals surface area (Å²) in [6, 6.07) is 4.80. The van der Waals surface area contributed by atoms with Gasteiger partial charge in [-0.25, -0.2) is 0 Å². The molecule has 0 atom stereocenters. The number of pyridine rings is 1. The normalized spacial score (nSPS) is 11.2. The van der Waals surface area contributed by atoms with E-state index in [1.54, 1.807) is 0 Å². The van der Waals surface area contributed by atoms with E-state index in [1.807, 2.05) is 17.5 Å². The topological polar surface area (TPSA) is 114 Å². The Morgan fingerprint density at radius 3 is 2.47 bits per heavy atom. The molecule has 2 aromatic rings. The first-order valence-electron chi connectivity index (χ1n) is 8.72. The maximum Gasteiger partial charge on any atom is 0.431 e. The molecule has 0 saturated carbocycles. The van der Waals surface area contributed by atoms with Gasteiger partial charge < -0.3 is 16.0 Å². The maximum atomic E-state index is 13.3. The van der Waals surface area contributed by atoms with Crippen molar-refractivity contribution in [2.24, 2.45) is 5.73 Å². The molecule has 2 heterocycles. The molecule has 3 amide bonds. The van der Waals surface area contributed by atoms with Gasteiger partial charge >= 0.3 is 6.18 Å². The van der Waals surface area contributed by atoms with Crippen LogP contribution < -0.4 is 16.6 Å². The molecule has 3 N–H and O–H groups in total. The number of nitrogens with zero attached hydrogens (tertiary/aromatic N) is 2. The van der Waals surface area contributed by atoms with Gasteiger partial charge in [0.25, 0.3) is 11.5 Å². The van der Waals surface area contributed by atoms with Crippen molar-refractivity contribution in [2.75, 3.05) is 13.1 Å². The van der Waals surface area contributed by atoms with Gasteiger partial charge in [-0.2, -0.15) is 13.2 Å². The molecule has 0 unspecified atom stereocenters. The summed E-state index contributed by atoms with van der Waals surface area (Å²) in [5.74, 6) is -2.61. The molecule has 0 aromatic carbocycles.